The molecule has 0 fully saturated rings. The molecule has 32 heavy (non-hydrogen) atoms. The first kappa shape index (κ1) is 25.5. The van der Waals surface area contributed by atoms with Gasteiger partial charge in [0.2, 0.25) is 0 Å². The van der Waals surface area contributed by atoms with E-state index in [4.69, 9.17) is 14.2 Å². The second kappa shape index (κ2) is 9.26. The molecule has 0 atom stereocenters. The molecule has 2 radical (unpaired) electrons. The van der Waals surface area contributed by atoms with Gasteiger partial charge in [-0.25, -0.2) is 9.59 Å². The minimum atomic E-state index is -1.41. The van der Waals surface area contributed by atoms with E-state index in [0.717, 1.165) is 0 Å². The number of rotatable bonds is 1. The molecule has 0 unspecified atom stereocenters. The van der Waals surface area contributed by atoms with Gasteiger partial charge in [0.1, 0.15) is 23.0 Å². The normalized spacial score (nSPS) is 14.0. The SMILES string of the molecule is COC(=O)c1cc2c(cc1C)C(=O)OC21c2ccc(O)cc2Oc2cc(O)ccc21.[Ac].[Ac]. The van der Waals surface area contributed by atoms with Gasteiger partial charge in [0.15, 0.2) is 5.60 Å². The molecule has 0 saturated heterocycles. The van der Waals surface area contributed by atoms with Gasteiger partial charge in [-0.05, 0) is 48.9 Å². The third-order valence-corrected chi connectivity index (χ3v) is 5.52. The monoisotopic (exact) mass is 858 g/mol. The van der Waals surface area contributed by atoms with Gasteiger partial charge in [-0.2, -0.15) is 0 Å². The summed E-state index contributed by atoms with van der Waals surface area (Å²) in [5, 5.41) is 19.9. The van der Waals surface area contributed by atoms with Crippen molar-refractivity contribution in [3.8, 4) is 23.0 Å². The van der Waals surface area contributed by atoms with Crippen LogP contribution in [0.3, 0.4) is 0 Å². The fourth-order valence-electron chi connectivity index (χ4n) is 4.18. The third kappa shape index (κ3) is 3.70. The van der Waals surface area contributed by atoms with Crippen molar-refractivity contribution in [3.05, 3.63) is 81.9 Å². The van der Waals surface area contributed by atoms with Crippen LogP contribution >= 0.6 is 0 Å². The number of hydrogen-bond donors (Lipinski definition) is 2. The van der Waals surface area contributed by atoms with Gasteiger partial charge in [0, 0.05) is 117 Å². The first-order chi connectivity index (χ1) is 14.3. The second-order valence-corrected chi connectivity index (χ2v) is 7.24. The van der Waals surface area contributed by atoms with Crippen LogP contribution in [0.4, 0.5) is 0 Å². The summed E-state index contributed by atoms with van der Waals surface area (Å²) in [7, 11) is 1.29. The Balaban J connectivity index is 0.00000144. The summed E-state index contributed by atoms with van der Waals surface area (Å²) in [5.74, 6) is -0.603. The van der Waals surface area contributed by atoms with E-state index in [9.17, 15) is 19.8 Å². The topological polar surface area (TPSA) is 102 Å². The van der Waals surface area contributed by atoms with Gasteiger partial charge >= 0.3 is 11.9 Å². The average molecular weight is 858 g/mol. The van der Waals surface area contributed by atoms with Gasteiger partial charge in [-0.15, -0.1) is 0 Å². The fourth-order valence-corrected chi connectivity index (χ4v) is 4.18. The first-order valence-electron chi connectivity index (χ1n) is 9.17. The molecule has 0 aromatic heterocycles. The van der Waals surface area contributed by atoms with E-state index < -0.39 is 17.5 Å². The van der Waals surface area contributed by atoms with Gasteiger partial charge < -0.3 is 24.4 Å². The zero-order valence-electron chi connectivity index (χ0n) is 17.2. The molecule has 2 aliphatic heterocycles. The standard InChI is InChI=1S/C23H16O7.2Ac/c1-11-7-15-18(10-14(11)21(26)28-2)23(30-22(15)27)16-5-3-12(24)8-19(16)29-20-9-13(25)4-6-17(20)23;;/h3-10,24-25H,1-2H3;;. The average Bonchev–Trinajstić information content (AvgIpc) is 2.98. The molecule has 9 heteroatoms. The fraction of sp³-hybridized carbons (Fsp3) is 0.130. The van der Waals surface area contributed by atoms with Crippen LogP contribution in [0.1, 0.15) is 43.0 Å². The van der Waals surface area contributed by atoms with Crippen molar-refractivity contribution in [2.75, 3.05) is 7.11 Å². The maximum absolute atomic E-state index is 12.9. The van der Waals surface area contributed by atoms with Crippen molar-refractivity contribution in [1.82, 2.24) is 0 Å². The van der Waals surface area contributed by atoms with E-state index >= 15 is 0 Å². The Morgan fingerprint density at radius 3 is 2.00 bits per heavy atom. The number of benzene rings is 3. The number of esters is 2. The number of aryl methyl sites for hydroxylation is 1. The minimum absolute atomic E-state index is 0. The number of carbonyl (C=O) groups excluding carboxylic acids is 2. The Morgan fingerprint density at radius 2 is 1.47 bits per heavy atom. The summed E-state index contributed by atoms with van der Waals surface area (Å²) in [6.07, 6.45) is 0. The van der Waals surface area contributed by atoms with E-state index in [2.05, 4.69) is 0 Å². The van der Waals surface area contributed by atoms with E-state index in [-0.39, 0.29) is 111 Å². The van der Waals surface area contributed by atoms with E-state index in [1.807, 2.05) is 0 Å². The molecule has 2 N–H and O–H groups in total. The second-order valence-electron chi connectivity index (χ2n) is 7.24. The van der Waals surface area contributed by atoms with Gasteiger partial charge in [0.05, 0.1) is 18.2 Å². The number of phenols is 2. The number of phenolic OH excluding ortho intramolecular Hbond substituents is 2. The Kier molecular flexibility index (Phi) is 7.38. The van der Waals surface area contributed by atoms with Crippen LogP contribution in [0.25, 0.3) is 0 Å². The smallest absolute Gasteiger partial charge is 0.340 e. The number of carbonyl (C=O) groups is 2. The van der Waals surface area contributed by atoms with Crippen molar-refractivity contribution in [1.29, 1.82) is 0 Å². The Labute approximate surface area is 255 Å². The molecule has 2 heterocycles. The molecular weight excluding hydrogens is 842 g/mol. The van der Waals surface area contributed by atoms with Gasteiger partial charge in [-0.3, -0.25) is 0 Å². The van der Waals surface area contributed by atoms with E-state index in [1.54, 1.807) is 31.2 Å². The molecule has 0 bridgehead atoms. The molecule has 156 valence electrons. The molecule has 3 aromatic carbocycles. The minimum Gasteiger partial charge on any atom is -0.508 e. The Morgan fingerprint density at radius 1 is 0.906 bits per heavy atom. The molecular formula is C23H16Ac2O7. The Bertz CT molecular complexity index is 1220. The quantitative estimate of drug-likeness (QED) is 0.360. The number of hydrogen-bond acceptors (Lipinski definition) is 7. The summed E-state index contributed by atoms with van der Waals surface area (Å²) < 4.78 is 16.8. The van der Waals surface area contributed by atoms with Crippen molar-refractivity contribution >= 4 is 11.9 Å². The first-order valence-corrected chi connectivity index (χ1v) is 9.17. The number of methoxy groups -OCH3 is 1. The van der Waals surface area contributed by atoms with Gasteiger partial charge in [-0.1, -0.05) is 0 Å². The summed E-state index contributed by atoms with van der Waals surface area (Å²) >= 11 is 0. The molecule has 0 saturated carbocycles. The van der Waals surface area contributed by atoms with Crippen molar-refractivity contribution in [2.24, 2.45) is 0 Å². The molecule has 5 rings (SSSR count). The summed E-state index contributed by atoms with van der Waals surface area (Å²) in [4.78, 5) is 25.2. The summed E-state index contributed by atoms with van der Waals surface area (Å²) in [6, 6.07) is 12.2. The van der Waals surface area contributed by atoms with Crippen molar-refractivity contribution < 1.29 is 122 Å². The maximum Gasteiger partial charge on any atom is 0.340 e. The van der Waals surface area contributed by atoms with Crippen LogP contribution in [0.15, 0.2) is 48.5 Å². The zero-order valence-corrected chi connectivity index (χ0v) is 26.7. The van der Waals surface area contributed by atoms with Crippen LogP contribution in [0, 0.1) is 95.0 Å². The maximum atomic E-state index is 12.9. The number of aromatic hydroxyl groups is 2. The van der Waals surface area contributed by atoms with Crippen LogP contribution in [0.5, 0.6) is 23.0 Å². The molecule has 0 aliphatic carbocycles. The van der Waals surface area contributed by atoms with Gasteiger partial charge in [0.25, 0.3) is 0 Å². The predicted octanol–water partition coefficient (Wildman–Crippen LogP) is 3.76. The molecule has 0 amide bonds. The summed E-state index contributed by atoms with van der Waals surface area (Å²) in [6.45, 7) is 1.72. The van der Waals surface area contributed by atoms with Crippen molar-refractivity contribution in [2.45, 2.75) is 12.5 Å². The third-order valence-electron chi connectivity index (χ3n) is 5.52. The van der Waals surface area contributed by atoms with E-state index in [0.29, 0.717) is 33.4 Å². The van der Waals surface area contributed by atoms with E-state index in [1.165, 1.54) is 31.4 Å². The zero-order chi connectivity index (χ0) is 21.2. The largest absolute Gasteiger partial charge is 0.508 e. The summed E-state index contributed by atoms with van der Waals surface area (Å²) in [5.41, 5.74) is 1.24. The van der Waals surface area contributed by atoms with Crippen LogP contribution in [0.2, 0.25) is 0 Å². The molecule has 1 spiro atoms. The van der Waals surface area contributed by atoms with Crippen LogP contribution < -0.4 is 4.74 Å². The van der Waals surface area contributed by atoms with Crippen molar-refractivity contribution in [3.63, 3.8) is 0 Å². The Hall–Kier alpha value is -1.12. The molecule has 3 aromatic rings. The van der Waals surface area contributed by atoms with Crippen LogP contribution in [-0.2, 0) is 15.1 Å². The molecule has 2 aliphatic rings. The van der Waals surface area contributed by atoms with Crippen LogP contribution in [-0.4, -0.2) is 29.3 Å². The number of fused-ring (bicyclic) bond motifs is 6. The molecule has 7 nitrogen and oxygen atoms in total. The number of ether oxygens (including phenoxy) is 3. The predicted molar refractivity (Wildman–Crippen MR) is 104 cm³/mol.